The van der Waals surface area contributed by atoms with Crippen molar-refractivity contribution in [3.8, 4) is 0 Å². The van der Waals surface area contributed by atoms with E-state index in [4.69, 9.17) is 0 Å². The average Bonchev–Trinajstić information content (AvgIpc) is 2.55. The zero-order valence-electron chi connectivity index (χ0n) is 17.0. The van der Waals surface area contributed by atoms with Crippen LogP contribution in [0.3, 0.4) is 0 Å². The molecule has 0 aliphatic carbocycles. The fraction of sp³-hybridized carbons (Fsp3) is 0.556. The largest absolute Gasteiger partial charge is 0.357 e. The first-order valence-electron chi connectivity index (χ1n) is 8.75. The molecule has 9 heteroatoms. The molecule has 1 aromatic rings. The van der Waals surface area contributed by atoms with E-state index in [-0.39, 0.29) is 5.91 Å². The molecule has 0 aliphatic rings. The number of aliphatic imine (C=N–C) groups is 1. The molecule has 0 saturated carbocycles. The summed E-state index contributed by atoms with van der Waals surface area (Å²) in [5.74, 6) is 0.551. The number of nitrogens with zero attached hydrogens (tertiary/aromatic N) is 2. The molecule has 8 nitrogen and oxygen atoms in total. The van der Waals surface area contributed by atoms with Crippen LogP contribution in [0.25, 0.3) is 0 Å². The number of hydrogen-bond donors (Lipinski definition) is 3. The van der Waals surface area contributed by atoms with Gasteiger partial charge in [-0.15, -0.1) is 0 Å². The Balaban J connectivity index is 2.74. The van der Waals surface area contributed by atoms with Gasteiger partial charge in [-0.1, -0.05) is 12.1 Å². The van der Waals surface area contributed by atoms with Crippen molar-refractivity contribution in [1.29, 1.82) is 0 Å². The van der Waals surface area contributed by atoms with Crippen molar-refractivity contribution in [3.63, 3.8) is 0 Å². The van der Waals surface area contributed by atoms with Crippen molar-refractivity contribution in [3.05, 3.63) is 35.4 Å². The molecule has 0 spiro atoms. The molecule has 0 saturated heterocycles. The predicted octanol–water partition coefficient (Wildman–Crippen LogP) is 0.771. The summed E-state index contributed by atoms with van der Waals surface area (Å²) < 4.78 is 25.5. The molecule has 1 aromatic carbocycles. The molecule has 3 N–H and O–H groups in total. The Labute approximate surface area is 162 Å². The Bertz CT molecular complexity index is 756. The number of rotatable bonds is 8. The van der Waals surface area contributed by atoms with Crippen molar-refractivity contribution in [1.82, 2.24) is 20.3 Å². The standard InChI is InChI=1S/C18H31N5O3S/c1-7-19-17(21-13-18(2,3)22-27(6,25)26)20-12-14-8-10-15(11-9-14)16(24)23(4)5/h8-11,22H,7,12-13H2,1-6H3,(H2,19,20,21). The van der Waals surface area contributed by atoms with E-state index in [1.165, 1.54) is 4.90 Å². The van der Waals surface area contributed by atoms with Crippen LogP contribution in [0.4, 0.5) is 0 Å². The van der Waals surface area contributed by atoms with Crippen LogP contribution in [0.2, 0.25) is 0 Å². The van der Waals surface area contributed by atoms with Gasteiger partial charge < -0.3 is 15.5 Å². The lowest BCUT2D eigenvalue weighted by atomic mass is 10.1. The quantitative estimate of drug-likeness (QED) is 0.444. The molecule has 0 radical (unpaired) electrons. The Morgan fingerprint density at radius 1 is 1.15 bits per heavy atom. The maximum absolute atomic E-state index is 11.9. The van der Waals surface area contributed by atoms with Crippen molar-refractivity contribution < 1.29 is 13.2 Å². The lowest BCUT2D eigenvalue weighted by molar-refractivity contribution is 0.0827. The summed E-state index contributed by atoms with van der Waals surface area (Å²) in [5.41, 5.74) is 0.945. The lowest BCUT2D eigenvalue weighted by Crippen LogP contribution is -2.53. The Hall–Kier alpha value is -2.13. The summed E-state index contributed by atoms with van der Waals surface area (Å²) in [7, 11) is 0.139. The number of sulfonamides is 1. The Kier molecular flexibility index (Phi) is 8.23. The van der Waals surface area contributed by atoms with E-state index in [1.54, 1.807) is 40.1 Å². The molecule has 0 atom stereocenters. The van der Waals surface area contributed by atoms with Crippen LogP contribution in [0.1, 0.15) is 36.7 Å². The maximum atomic E-state index is 11.9. The molecule has 1 amide bonds. The highest BCUT2D eigenvalue weighted by Gasteiger charge is 2.22. The van der Waals surface area contributed by atoms with Gasteiger partial charge in [-0.2, -0.15) is 0 Å². The third-order valence-electron chi connectivity index (χ3n) is 3.53. The van der Waals surface area contributed by atoms with Crippen molar-refractivity contribution in [2.24, 2.45) is 4.99 Å². The first kappa shape index (κ1) is 22.9. The number of carbonyl (C=O) groups excluding carboxylic acids is 1. The molecular formula is C18H31N5O3S. The van der Waals surface area contributed by atoms with E-state index in [0.29, 0.717) is 31.2 Å². The van der Waals surface area contributed by atoms with Gasteiger partial charge in [0.1, 0.15) is 0 Å². The predicted molar refractivity (Wildman–Crippen MR) is 109 cm³/mol. The smallest absolute Gasteiger partial charge is 0.253 e. The van der Waals surface area contributed by atoms with Gasteiger partial charge in [-0.05, 0) is 38.5 Å². The van der Waals surface area contributed by atoms with Gasteiger partial charge in [0.15, 0.2) is 5.96 Å². The highest BCUT2D eigenvalue weighted by molar-refractivity contribution is 7.88. The second-order valence-electron chi connectivity index (χ2n) is 7.20. The van der Waals surface area contributed by atoms with Crippen molar-refractivity contribution >= 4 is 21.9 Å². The van der Waals surface area contributed by atoms with E-state index in [2.05, 4.69) is 20.3 Å². The van der Waals surface area contributed by atoms with Gasteiger partial charge in [-0.3, -0.25) is 4.79 Å². The third kappa shape index (κ3) is 8.87. The number of amides is 1. The molecular weight excluding hydrogens is 366 g/mol. The van der Waals surface area contributed by atoms with E-state index < -0.39 is 15.6 Å². The second kappa shape index (κ2) is 9.70. The topological polar surface area (TPSA) is 103 Å². The highest BCUT2D eigenvalue weighted by atomic mass is 32.2. The molecule has 1 rings (SSSR count). The number of nitrogens with one attached hydrogen (secondary N) is 3. The molecule has 0 aliphatic heterocycles. The van der Waals surface area contributed by atoms with Gasteiger partial charge in [0, 0.05) is 38.3 Å². The summed E-state index contributed by atoms with van der Waals surface area (Å²) in [5, 5.41) is 6.28. The van der Waals surface area contributed by atoms with E-state index in [9.17, 15) is 13.2 Å². The van der Waals surface area contributed by atoms with Crippen LogP contribution in [0.5, 0.6) is 0 Å². The average molecular weight is 398 g/mol. The normalized spacial score (nSPS) is 12.6. The van der Waals surface area contributed by atoms with Gasteiger partial charge in [0.05, 0.1) is 12.8 Å². The van der Waals surface area contributed by atoms with E-state index in [1.807, 2.05) is 19.1 Å². The fourth-order valence-electron chi connectivity index (χ4n) is 2.37. The number of benzene rings is 1. The van der Waals surface area contributed by atoms with Crippen molar-refractivity contribution in [2.45, 2.75) is 32.9 Å². The molecule has 27 heavy (non-hydrogen) atoms. The van der Waals surface area contributed by atoms with Crippen LogP contribution < -0.4 is 15.4 Å². The van der Waals surface area contributed by atoms with E-state index >= 15 is 0 Å². The van der Waals surface area contributed by atoms with Crippen LogP contribution in [-0.2, 0) is 16.6 Å². The molecule has 0 aromatic heterocycles. The third-order valence-corrected chi connectivity index (χ3v) is 4.45. The molecule has 0 bridgehead atoms. The monoisotopic (exact) mass is 397 g/mol. The molecule has 152 valence electrons. The zero-order chi connectivity index (χ0) is 20.7. The first-order valence-corrected chi connectivity index (χ1v) is 10.6. The minimum absolute atomic E-state index is 0.0411. The van der Waals surface area contributed by atoms with Gasteiger partial charge in [-0.25, -0.2) is 18.1 Å². The summed E-state index contributed by atoms with van der Waals surface area (Å²) in [6.07, 6.45) is 1.14. The summed E-state index contributed by atoms with van der Waals surface area (Å²) in [6.45, 7) is 7.05. The second-order valence-corrected chi connectivity index (χ2v) is 8.95. The SMILES string of the molecule is CCNC(=NCc1ccc(C(=O)N(C)C)cc1)NCC(C)(C)NS(C)(=O)=O. The molecule has 0 heterocycles. The number of hydrogen-bond acceptors (Lipinski definition) is 4. The minimum atomic E-state index is -3.30. The summed E-state index contributed by atoms with van der Waals surface area (Å²) >= 11 is 0. The first-order chi connectivity index (χ1) is 12.4. The van der Waals surface area contributed by atoms with Crippen LogP contribution in [-0.4, -0.2) is 64.2 Å². The van der Waals surface area contributed by atoms with Gasteiger partial charge >= 0.3 is 0 Å². The van der Waals surface area contributed by atoms with Gasteiger partial charge in [0.2, 0.25) is 10.0 Å². The molecule has 0 unspecified atom stereocenters. The minimum Gasteiger partial charge on any atom is -0.357 e. The number of carbonyl (C=O) groups is 1. The van der Waals surface area contributed by atoms with Crippen LogP contribution in [0.15, 0.2) is 29.3 Å². The maximum Gasteiger partial charge on any atom is 0.253 e. The van der Waals surface area contributed by atoms with E-state index in [0.717, 1.165) is 11.8 Å². The van der Waals surface area contributed by atoms with Gasteiger partial charge in [0.25, 0.3) is 5.91 Å². The fourth-order valence-corrected chi connectivity index (χ4v) is 3.44. The van der Waals surface area contributed by atoms with Crippen LogP contribution in [0, 0.1) is 0 Å². The Morgan fingerprint density at radius 3 is 2.22 bits per heavy atom. The zero-order valence-corrected chi connectivity index (χ0v) is 17.8. The lowest BCUT2D eigenvalue weighted by Gasteiger charge is -2.26. The highest BCUT2D eigenvalue weighted by Crippen LogP contribution is 2.08. The van der Waals surface area contributed by atoms with Crippen LogP contribution >= 0.6 is 0 Å². The number of guanidine groups is 1. The summed E-state index contributed by atoms with van der Waals surface area (Å²) in [4.78, 5) is 18.0. The molecule has 0 fully saturated rings. The summed E-state index contributed by atoms with van der Waals surface area (Å²) in [6, 6.07) is 7.32. The van der Waals surface area contributed by atoms with Crippen molar-refractivity contribution in [2.75, 3.05) is 33.4 Å². The Morgan fingerprint density at radius 2 is 1.74 bits per heavy atom.